The second-order valence-electron chi connectivity index (χ2n) is 13.7. The first-order chi connectivity index (χ1) is 26.1. The fraction of sp³-hybridized carbons (Fsp3) is 0.738. The second-order valence-corrected chi connectivity index (χ2v) is 15.2. The molecule has 11 nitrogen and oxygen atoms in total. The standard InChI is InChI=1S/C42H74NO10P/c1-3-5-7-9-11-13-15-17-19-21-23-25-27-29-31-33-40(44)50-35-38(36-51-54(48,49)52-37-39(43)42(46)47)53-41(45)34-32-30-28-26-24-22-20-18-16-14-12-10-8-6-4-2/h5,7,11,13-14,16-17,19,38-39H,3-4,6,8-10,12,15,18,20-37,43H2,1-2H3,(H,46,47)(H,48,49)/b7-5-,13-11-,16-14-,19-17-/t38-,39+/m1/s1. The van der Waals surface area contributed by atoms with Gasteiger partial charge in [-0.25, -0.2) is 4.57 Å². The van der Waals surface area contributed by atoms with Crippen LogP contribution in [0.2, 0.25) is 0 Å². The Morgan fingerprint density at radius 3 is 1.57 bits per heavy atom. The third kappa shape index (κ3) is 36.4. The lowest BCUT2D eigenvalue weighted by molar-refractivity contribution is -0.161. The Labute approximate surface area is 326 Å². The molecule has 0 aliphatic carbocycles. The average Bonchev–Trinajstić information content (AvgIpc) is 3.14. The maximum Gasteiger partial charge on any atom is 0.472 e. The van der Waals surface area contributed by atoms with E-state index >= 15 is 0 Å². The van der Waals surface area contributed by atoms with Crippen LogP contribution in [-0.4, -0.2) is 59.9 Å². The van der Waals surface area contributed by atoms with Crippen LogP contribution in [0.3, 0.4) is 0 Å². The largest absolute Gasteiger partial charge is 0.480 e. The molecule has 1 unspecified atom stereocenters. The van der Waals surface area contributed by atoms with E-state index in [1.54, 1.807) is 0 Å². The van der Waals surface area contributed by atoms with E-state index < -0.39 is 51.1 Å². The smallest absolute Gasteiger partial charge is 0.472 e. The molecule has 0 aromatic rings. The number of carboxylic acids is 1. The Morgan fingerprint density at radius 2 is 1.04 bits per heavy atom. The van der Waals surface area contributed by atoms with Gasteiger partial charge in [0.2, 0.25) is 0 Å². The highest BCUT2D eigenvalue weighted by Gasteiger charge is 2.28. The summed E-state index contributed by atoms with van der Waals surface area (Å²) < 4.78 is 32.6. The summed E-state index contributed by atoms with van der Waals surface area (Å²) in [5, 5.41) is 8.87. The first-order valence-corrected chi connectivity index (χ1v) is 22.2. The molecule has 0 rings (SSSR count). The monoisotopic (exact) mass is 784 g/mol. The van der Waals surface area contributed by atoms with Crippen molar-refractivity contribution in [1.82, 2.24) is 0 Å². The predicted octanol–water partition coefficient (Wildman–Crippen LogP) is 10.6. The third-order valence-corrected chi connectivity index (χ3v) is 9.51. The maximum absolute atomic E-state index is 12.6. The van der Waals surface area contributed by atoms with Gasteiger partial charge in [-0.3, -0.25) is 23.4 Å². The van der Waals surface area contributed by atoms with E-state index in [-0.39, 0.29) is 19.4 Å². The fourth-order valence-electron chi connectivity index (χ4n) is 5.31. The van der Waals surface area contributed by atoms with Gasteiger partial charge in [0, 0.05) is 12.8 Å². The number of phosphoric ester groups is 1. The number of hydrogen-bond acceptors (Lipinski definition) is 9. The molecule has 12 heteroatoms. The Bertz CT molecular complexity index is 1110. The molecule has 0 aliphatic heterocycles. The van der Waals surface area contributed by atoms with Gasteiger partial charge in [0.25, 0.3) is 0 Å². The molecule has 0 aliphatic rings. The highest BCUT2D eigenvalue weighted by atomic mass is 31.2. The summed E-state index contributed by atoms with van der Waals surface area (Å²) in [6, 6.07) is -1.52. The lowest BCUT2D eigenvalue weighted by Crippen LogP contribution is -2.34. The number of aliphatic carboxylic acids is 1. The van der Waals surface area contributed by atoms with Gasteiger partial charge in [0.05, 0.1) is 13.2 Å². The average molecular weight is 784 g/mol. The molecular weight excluding hydrogens is 709 g/mol. The van der Waals surface area contributed by atoms with Crippen LogP contribution in [0.5, 0.6) is 0 Å². The molecule has 0 fully saturated rings. The van der Waals surface area contributed by atoms with Crippen LogP contribution in [0, 0.1) is 0 Å². The van der Waals surface area contributed by atoms with Crippen LogP contribution in [0.1, 0.15) is 168 Å². The summed E-state index contributed by atoms with van der Waals surface area (Å²) in [6.45, 7) is 2.64. The van der Waals surface area contributed by atoms with Crippen LogP contribution in [0.15, 0.2) is 48.6 Å². The molecule has 0 radical (unpaired) electrons. The zero-order valence-corrected chi connectivity index (χ0v) is 34.4. The molecular formula is C42H74NO10P. The Morgan fingerprint density at radius 1 is 0.593 bits per heavy atom. The Hall–Kier alpha value is -2.56. The molecule has 0 saturated heterocycles. The molecule has 0 bridgehead atoms. The van der Waals surface area contributed by atoms with Crippen LogP contribution in [0.4, 0.5) is 0 Å². The first kappa shape index (κ1) is 51.4. The number of unbranched alkanes of at least 4 members (excludes halogenated alkanes) is 16. The van der Waals surface area contributed by atoms with Gasteiger partial charge in [-0.1, -0.05) is 133 Å². The molecule has 3 atom stereocenters. The van der Waals surface area contributed by atoms with Gasteiger partial charge in [0.1, 0.15) is 12.6 Å². The highest BCUT2D eigenvalue weighted by Crippen LogP contribution is 2.43. The van der Waals surface area contributed by atoms with Crippen molar-refractivity contribution in [2.45, 2.75) is 180 Å². The molecule has 0 aromatic carbocycles. The lowest BCUT2D eigenvalue weighted by atomic mass is 10.1. The summed E-state index contributed by atoms with van der Waals surface area (Å²) in [7, 11) is -4.72. The number of rotatable bonds is 38. The van der Waals surface area contributed by atoms with Crippen LogP contribution >= 0.6 is 7.82 Å². The predicted molar refractivity (Wildman–Crippen MR) is 217 cm³/mol. The first-order valence-electron chi connectivity index (χ1n) is 20.7. The molecule has 0 saturated carbocycles. The van der Waals surface area contributed by atoms with E-state index in [0.717, 1.165) is 83.5 Å². The summed E-state index contributed by atoms with van der Waals surface area (Å²) >= 11 is 0. The molecule has 0 amide bonds. The van der Waals surface area contributed by atoms with Crippen molar-refractivity contribution >= 4 is 25.7 Å². The van der Waals surface area contributed by atoms with E-state index in [9.17, 15) is 23.8 Å². The highest BCUT2D eigenvalue weighted by molar-refractivity contribution is 7.47. The Balaban J connectivity index is 4.43. The Kier molecular flexibility index (Phi) is 35.6. The van der Waals surface area contributed by atoms with E-state index in [1.807, 2.05) is 0 Å². The van der Waals surface area contributed by atoms with Crippen molar-refractivity contribution < 1.29 is 47.5 Å². The van der Waals surface area contributed by atoms with Crippen LogP contribution < -0.4 is 5.73 Å². The summed E-state index contributed by atoms with van der Waals surface area (Å²) in [4.78, 5) is 45.9. The summed E-state index contributed by atoms with van der Waals surface area (Å²) in [5.74, 6) is -2.41. The number of allylic oxidation sites excluding steroid dienone is 8. The molecule has 0 heterocycles. The second kappa shape index (κ2) is 37.4. The molecule has 0 aromatic heterocycles. The van der Waals surface area contributed by atoms with Crippen LogP contribution in [-0.2, 0) is 37.5 Å². The minimum Gasteiger partial charge on any atom is -0.480 e. The maximum atomic E-state index is 12.6. The zero-order valence-electron chi connectivity index (χ0n) is 33.6. The number of nitrogens with two attached hydrogens (primary N) is 1. The quantitative estimate of drug-likeness (QED) is 0.0235. The number of hydrogen-bond donors (Lipinski definition) is 3. The SMILES string of the molecule is CC/C=C\C/C=C\C/C=C\CCCCCCCC(=O)OC[C@H](COP(=O)(O)OC[C@H](N)C(=O)O)OC(=O)CCCCCCCCC/C=C\CCCCCC. The summed E-state index contributed by atoms with van der Waals surface area (Å²) in [5.41, 5.74) is 5.32. The summed E-state index contributed by atoms with van der Waals surface area (Å²) in [6.07, 6.45) is 40.3. The minimum atomic E-state index is -4.72. The molecule has 312 valence electrons. The van der Waals surface area contributed by atoms with Gasteiger partial charge in [0.15, 0.2) is 6.10 Å². The molecule has 0 spiro atoms. The van der Waals surface area contributed by atoms with Crippen molar-refractivity contribution in [2.24, 2.45) is 5.73 Å². The van der Waals surface area contributed by atoms with E-state index in [2.05, 4.69) is 67.0 Å². The van der Waals surface area contributed by atoms with Gasteiger partial charge in [-0.05, 0) is 70.6 Å². The minimum absolute atomic E-state index is 0.151. The topological polar surface area (TPSA) is 172 Å². The number of carboxylic acid groups (broad SMARTS) is 1. The molecule has 4 N–H and O–H groups in total. The number of carbonyl (C=O) groups excluding carboxylic acids is 2. The van der Waals surface area contributed by atoms with E-state index in [4.69, 9.17) is 24.8 Å². The van der Waals surface area contributed by atoms with Crippen molar-refractivity contribution in [2.75, 3.05) is 19.8 Å². The number of phosphoric acid groups is 1. The van der Waals surface area contributed by atoms with Crippen molar-refractivity contribution in [3.8, 4) is 0 Å². The molecule has 54 heavy (non-hydrogen) atoms. The third-order valence-electron chi connectivity index (χ3n) is 8.56. The van der Waals surface area contributed by atoms with Crippen molar-refractivity contribution in [1.29, 1.82) is 0 Å². The zero-order chi connectivity index (χ0) is 40.0. The van der Waals surface area contributed by atoms with Gasteiger partial charge in [-0.15, -0.1) is 0 Å². The van der Waals surface area contributed by atoms with Gasteiger partial charge >= 0.3 is 25.7 Å². The van der Waals surface area contributed by atoms with Gasteiger partial charge < -0.3 is 25.2 Å². The fourth-order valence-corrected chi connectivity index (χ4v) is 6.09. The van der Waals surface area contributed by atoms with Crippen molar-refractivity contribution in [3.05, 3.63) is 48.6 Å². The van der Waals surface area contributed by atoms with Crippen molar-refractivity contribution in [3.63, 3.8) is 0 Å². The van der Waals surface area contributed by atoms with E-state index in [0.29, 0.717) is 12.8 Å². The van der Waals surface area contributed by atoms with Gasteiger partial charge in [-0.2, -0.15) is 0 Å². The normalized spacial score (nSPS) is 14.3. The van der Waals surface area contributed by atoms with Crippen LogP contribution in [0.25, 0.3) is 0 Å². The van der Waals surface area contributed by atoms with E-state index in [1.165, 1.54) is 44.9 Å². The number of carbonyl (C=O) groups is 3. The number of esters is 2. The number of ether oxygens (including phenoxy) is 2. The lowest BCUT2D eigenvalue weighted by Gasteiger charge is -2.20.